The minimum Gasteiger partial charge on any atom is -0.376 e. The Morgan fingerprint density at radius 2 is 2.23 bits per heavy atom. The molecule has 0 aromatic rings. The van der Waals surface area contributed by atoms with Crippen molar-refractivity contribution in [1.82, 2.24) is 0 Å². The van der Waals surface area contributed by atoms with Crippen molar-refractivity contribution in [3.8, 4) is 0 Å². The van der Waals surface area contributed by atoms with E-state index in [0.717, 1.165) is 19.5 Å². The highest BCUT2D eigenvalue weighted by atomic mass is 28.3. The lowest BCUT2D eigenvalue weighted by Crippen LogP contribution is -2.18. The second-order valence-electron chi connectivity index (χ2n) is 4.70. The first kappa shape index (κ1) is 10.7. The molecule has 0 aliphatic carbocycles. The van der Waals surface area contributed by atoms with E-state index in [2.05, 4.69) is 25.3 Å². The zero-order valence-corrected chi connectivity index (χ0v) is 9.67. The number of hydrogen-bond donors (Lipinski definition) is 0. The van der Waals surface area contributed by atoms with E-state index in [0.29, 0.717) is 12.3 Å². The van der Waals surface area contributed by atoms with Gasteiger partial charge in [0.25, 0.3) is 0 Å². The van der Waals surface area contributed by atoms with E-state index in [1.807, 2.05) is 0 Å². The van der Waals surface area contributed by atoms with Crippen molar-refractivity contribution >= 4 is 14.4 Å². The molecule has 0 spiro atoms. The van der Waals surface area contributed by atoms with E-state index in [4.69, 9.17) is 4.74 Å². The fourth-order valence-corrected chi connectivity index (χ4v) is 3.03. The summed E-state index contributed by atoms with van der Waals surface area (Å²) in [5, 5.41) is 0. The SMILES string of the molecule is C[Si](C)(C)/C=C1/COCC1CC=O. The maximum absolute atomic E-state index is 10.4. The molecule has 13 heavy (non-hydrogen) atoms. The molecule has 1 heterocycles. The summed E-state index contributed by atoms with van der Waals surface area (Å²) in [6.45, 7) is 8.38. The van der Waals surface area contributed by atoms with Crippen LogP contribution in [-0.2, 0) is 9.53 Å². The second-order valence-corrected chi connectivity index (χ2v) is 9.72. The number of ether oxygens (including phenoxy) is 1. The average molecular weight is 198 g/mol. The van der Waals surface area contributed by atoms with Gasteiger partial charge in [0.2, 0.25) is 0 Å². The van der Waals surface area contributed by atoms with Crippen LogP contribution >= 0.6 is 0 Å². The van der Waals surface area contributed by atoms with Gasteiger partial charge in [-0.1, -0.05) is 25.3 Å². The molecule has 0 amide bonds. The largest absolute Gasteiger partial charge is 0.376 e. The Bertz CT molecular complexity index is 215. The highest BCUT2D eigenvalue weighted by molar-refractivity contribution is 6.81. The molecule has 1 saturated heterocycles. The minimum absolute atomic E-state index is 0.365. The fraction of sp³-hybridized carbons (Fsp3) is 0.700. The second kappa shape index (κ2) is 4.20. The molecule has 1 atom stereocenters. The van der Waals surface area contributed by atoms with Crippen LogP contribution in [0.4, 0.5) is 0 Å². The summed E-state index contributed by atoms with van der Waals surface area (Å²) >= 11 is 0. The third-order valence-corrected chi connectivity index (χ3v) is 3.35. The van der Waals surface area contributed by atoms with Crippen molar-refractivity contribution in [2.75, 3.05) is 13.2 Å². The van der Waals surface area contributed by atoms with Crippen LogP contribution in [0.5, 0.6) is 0 Å². The fourth-order valence-electron chi connectivity index (χ4n) is 1.60. The molecule has 0 aromatic heterocycles. The number of hydrogen-bond acceptors (Lipinski definition) is 2. The summed E-state index contributed by atoms with van der Waals surface area (Å²) in [5.74, 6) is 0.365. The summed E-state index contributed by atoms with van der Waals surface area (Å²) < 4.78 is 5.36. The van der Waals surface area contributed by atoms with Gasteiger partial charge in [0, 0.05) is 12.3 Å². The molecule has 0 aromatic carbocycles. The Morgan fingerprint density at radius 1 is 1.54 bits per heavy atom. The van der Waals surface area contributed by atoms with Crippen molar-refractivity contribution < 1.29 is 9.53 Å². The molecule has 0 saturated carbocycles. The molecule has 1 rings (SSSR count). The first-order valence-electron chi connectivity index (χ1n) is 4.76. The van der Waals surface area contributed by atoms with Crippen LogP contribution in [0.3, 0.4) is 0 Å². The van der Waals surface area contributed by atoms with E-state index < -0.39 is 8.07 Å². The average Bonchev–Trinajstić information content (AvgIpc) is 2.34. The van der Waals surface area contributed by atoms with Gasteiger partial charge in [-0.05, 0) is 5.57 Å². The maximum atomic E-state index is 10.4. The van der Waals surface area contributed by atoms with Crippen LogP contribution in [-0.4, -0.2) is 27.6 Å². The molecule has 3 heteroatoms. The van der Waals surface area contributed by atoms with Gasteiger partial charge in [-0.3, -0.25) is 0 Å². The lowest BCUT2D eigenvalue weighted by molar-refractivity contribution is -0.108. The van der Waals surface area contributed by atoms with Crippen molar-refractivity contribution in [1.29, 1.82) is 0 Å². The smallest absolute Gasteiger partial charge is 0.120 e. The van der Waals surface area contributed by atoms with E-state index >= 15 is 0 Å². The normalized spacial score (nSPS) is 26.7. The van der Waals surface area contributed by atoms with Crippen molar-refractivity contribution in [2.24, 2.45) is 5.92 Å². The Balaban J connectivity index is 2.67. The van der Waals surface area contributed by atoms with Gasteiger partial charge in [-0.15, -0.1) is 0 Å². The molecule has 1 aliphatic rings. The van der Waals surface area contributed by atoms with Crippen LogP contribution < -0.4 is 0 Å². The molecule has 0 bridgehead atoms. The Labute approximate surface area is 81.0 Å². The lowest BCUT2D eigenvalue weighted by atomic mass is 10.0. The van der Waals surface area contributed by atoms with E-state index in [-0.39, 0.29) is 0 Å². The van der Waals surface area contributed by atoms with E-state index in [9.17, 15) is 4.79 Å². The van der Waals surface area contributed by atoms with Crippen LogP contribution in [0.25, 0.3) is 0 Å². The molecule has 0 N–H and O–H groups in total. The van der Waals surface area contributed by atoms with Gasteiger partial charge in [0.15, 0.2) is 0 Å². The van der Waals surface area contributed by atoms with Gasteiger partial charge in [0.05, 0.1) is 21.3 Å². The number of rotatable bonds is 3. The summed E-state index contributed by atoms with van der Waals surface area (Å²) in [4.78, 5) is 10.4. The zero-order chi connectivity index (χ0) is 9.90. The van der Waals surface area contributed by atoms with Gasteiger partial charge < -0.3 is 9.53 Å². The van der Waals surface area contributed by atoms with E-state index in [1.165, 1.54) is 5.57 Å². The highest BCUT2D eigenvalue weighted by Gasteiger charge is 2.23. The van der Waals surface area contributed by atoms with Crippen molar-refractivity contribution in [3.05, 3.63) is 11.3 Å². The quantitative estimate of drug-likeness (QED) is 0.512. The van der Waals surface area contributed by atoms with Crippen LogP contribution in [0, 0.1) is 5.92 Å². The standard InChI is InChI=1S/C10H18O2Si/c1-13(2,3)8-10-7-12-6-9(10)4-5-11/h5,8-9H,4,6-7H2,1-3H3/b10-8-. The summed E-state index contributed by atoms with van der Waals surface area (Å²) in [6.07, 6.45) is 1.62. The number of aldehydes is 1. The van der Waals surface area contributed by atoms with Gasteiger partial charge in [-0.25, -0.2) is 0 Å². The third-order valence-electron chi connectivity index (χ3n) is 2.11. The summed E-state index contributed by atoms with van der Waals surface area (Å²) in [6, 6.07) is 0. The number of carbonyl (C=O) groups excluding carboxylic acids is 1. The van der Waals surface area contributed by atoms with Crippen molar-refractivity contribution in [2.45, 2.75) is 26.1 Å². The molecular formula is C10H18O2Si. The van der Waals surface area contributed by atoms with Crippen molar-refractivity contribution in [3.63, 3.8) is 0 Å². The van der Waals surface area contributed by atoms with Crippen LogP contribution in [0.2, 0.25) is 19.6 Å². The molecule has 1 fully saturated rings. The molecule has 1 unspecified atom stereocenters. The first-order valence-corrected chi connectivity index (χ1v) is 8.33. The predicted molar refractivity (Wildman–Crippen MR) is 56.4 cm³/mol. The van der Waals surface area contributed by atoms with Crippen LogP contribution in [0.15, 0.2) is 11.3 Å². The summed E-state index contributed by atoms with van der Waals surface area (Å²) in [7, 11) is -1.15. The number of carbonyl (C=O) groups is 1. The first-order chi connectivity index (χ1) is 6.03. The Kier molecular flexibility index (Phi) is 3.45. The van der Waals surface area contributed by atoms with Gasteiger partial charge in [0.1, 0.15) is 6.29 Å². The summed E-state index contributed by atoms with van der Waals surface area (Å²) in [5.41, 5.74) is 3.72. The third kappa shape index (κ3) is 3.44. The molecule has 1 aliphatic heterocycles. The van der Waals surface area contributed by atoms with Gasteiger partial charge >= 0.3 is 0 Å². The molecule has 0 radical (unpaired) electrons. The monoisotopic (exact) mass is 198 g/mol. The predicted octanol–water partition coefficient (Wildman–Crippen LogP) is 2.03. The molecule has 74 valence electrons. The maximum Gasteiger partial charge on any atom is 0.120 e. The molecular weight excluding hydrogens is 180 g/mol. The Morgan fingerprint density at radius 3 is 2.77 bits per heavy atom. The molecule has 2 nitrogen and oxygen atoms in total. The minimum atomic E-state index is -1.15. The highest BCUT2D eigenvalue weighted by Crippen LogP contribution is 2.24. The topological polar surface area (TPSA) is 26.3 Å². The van der Waals surface area contributed by atoms with E-state index in [1.54, 1.807) is 0 Å². The van der Waals surface area contributed by atoms with Crippen LogP contribution in [0.1, 0.15) is 6.42 Å². The Hall–Kier alpha value is -0.413. The zero-order valence-electron chi connectivity index (χ0n) is 8.67. The van der Waals surface area contributed by atoms with Gasteiger partial charge in [-0.2, -0.15) is 0 Å². The lowest BCUT2D eigenvalue weighted by Gasteiger charge is -2.13.